The average molecular weight is 342 g/mol. The van der Waals surface area contributed by atoms with Gasteiger partial charge in [-0.05, 0) is 13.3 Å². The largest absolute Gasteiger partial charge is 0.477 e. The highest BCUT2D eigenvalue weighted by Crippen LogP contribution is 2.52. The highest BCUT2D eigenvalue weighted by Gasteiger charge is 2.60. The Morgan fingerprint density at radius 2 is 2.26 bits per heavy atom. The SMILES string of the molecule is C[C@@H](O)[C@H]1C(=O)N2C(C(=O)O)=C(S[C@@H]3CCO[C@@H]3CN)[C@H](C)[C@H]12. The van der Waals surface area contributed by atoms with Crippen LogP contribution in [0, 0.1) is 11.8 Å². The number of nitrogens with zero attached hydrogens (tertiary/aromatic N) is 1. The normalized spacial score (nSPS) is 37.8. The molecule has 6 atom stereocenters. The quantitative estimate of drug-likeness (QED) is 0.602. The first-order valence-corrected chi connectivity index (χ1v) is 8.73. The molecule has 0 radical (unpaired) electrons. The number of aliphatic hydroxyl groups excluding tert-OH is 1. The lowest BCUT2D eigenvalue weighted by Gasteiger charge is -2.46. The Labute approximate surface area is 138 Å². The zero-order valence-electron chi connectivity index (χ0n) is 13.1. The summed E-state index contributed by atoms with van der Waals surface area (Å²) in [4.78, 5) is 26.0. The van der Waals surface area contributed by atoms with E-state index in [2.05, 4.69) is 0 Å². The van der Waals surface area contributed by atoms with E-state index in [9.17, 15) is 19.8 Å². The van der Waals surface area contributed by atoms with Gasteiger partial charge in [-0.15, -0.1) is 11.8 Å². The smallest absolute Gasteiger partial charge is 0.353 e. The number of carbonyl (C=O) groups excluding carboxylic acids is 1. The molecule has 7 nitrogen and oxygen atoms in total. The van der Waals surface area contributed by atoms with E-state index in [-0.39, 0.29) is 34.9 Å². The lowest BCUT2D eigenvalue weighted by Crippen LogP contribution is -2.63. The van der Waals surface area contributed by atoms with Gasteiger partial charge in [0.1, 0.15) is 5.70 Å². The molecule has 1 amide bonds. The predicted molar refractivity (Wildman–Crippen MR) is 84.4 cm³/mol. The Bertz CT molecular complexity index is 564. The summed E-state index contributed by atoms with van der Waals surface area (Å²) in [5, 5.41) is 19.5. The van der Waals surface area contributed by atoms with Gasteiger partial charge in [0, 0.05) is 29.2 Å². The molecule has 3 aliphatic rings. The molecular formula is C15H22N2O5S. The van der Waals surface area contributed by atoms with Crippen molar-refractivity contribution >= 4 is 23.6 Å². The number of rotatable bonds is 5. The Hall–Kier alpha value is -1.09. The highest BCUT2D eigenvalue weighted by atomic mass is 32.2. The van der Waals surface area contributed by atoms with Crippen LogP contribution in [0.25, 0.3) is 0 Å². The topological polar surface area (TPSA) is 113 Å². The summed E-state index contributed by atoms with van der Waals surface area (Å²) in [6.07, 6.45) is -0.0582. The number of carboxylic acid groups (broad SMARTS) is 1. The molecule has 128 valence electrons. The Morgan fingerprint density at radius 3 is 2.83 bits per heavy atom. The lowest BCUT2D eigenvalue weighted by molar-refractivity contribution is -0.163. The molecule has 3 aliphatic heterocycles. The fraction of sp³-hybridized carbons (Fsp3) is 0.733. The zero-order valence-corrected chi connectivity index (χ0v) is 14.0. The van der Waals surface area contributed by atoms with Crippen LogP contribution < -0.4 is 5.73 Å². The van der Waals surface area contributed by atoms with E-state index in [0.717, 1.165) is 6.42 Å². The molecule has 4 N–H and O–H groups in total. The summed E-state index contributed by atoms with van der Waals surface area (Å²) >= 11 is 1.47. The van der Waals surface area contributed by atoms with Crippen LogP contribution in [0.3, 0.4) is 0 Å². The highest BCUT2D eigenvalue weighted by molar-refractivity contribution is 8.03. The molecule has 0 aromatic rings. The molecule has 0 spiro atoms. The van der Waals surface area contributed by atoms with Gasteiger partial charge in [0.2, 0.25) is 5.91 Å². The van der Waals surface area contributed by atoms with Gasteiger partial charge < -0.3 is 25.6 Å². The van der Waals surface area contributed by atoms with E-state index >= 15 is 0 Å². The van der Waals surface area contributed by atoms with E-state index in [1.165, 1.54) is 16.7 Å². The van der Waals surface area contributed by atoms with Crippen LogP contribution in [0.1, 0.15) is 20.3 Å². The number of hydrogen-bond donors (Lipinski definition) is 3. The van der Waals surface area contributed by atoms with Crippen molar-refractivity contribution in [2.75, 3.05) is 13.2 Å². The number of amides is 1. The van der Waals surface area contributed by atoms with Crippen LogP contribution in [0.2, 0.25) is 0 Å². The number of thioether (sulfide) groups is 1. The van der Waals surface area contributed by atoms with E-state index < -0.39 is 18.0 Å². The number of β-lactam (4-membered cyclic amide) rings is 1. The predicted octanol–water partition coefficient (Wildman–Crippen LogP) is -0.0105. The first kappa shape index (κ1) is 16.8. The molecule has 0 aromatic carbocycles. The van der Waals surface area contributed by atoms with Gasteiger partial charge in [-0.2, -0.15) is 0 Å². The minimum Gasteiger partial charge on any atom is -0.477 e. The van der Waals surface area contributed by atoms with Gasteiger partial charge in [-0.3, -0.25) is 4.79 Å². The summed E-state index contributed by atoms with van der Waals surface area (Å²) in [5.41, 5.74) is 5.78. The first-order chi connectivity index (χ1) is 10.9. The van der Waals surface area contributed by atoms with Gasteiger partial charge in [0.05, 0.1) is 24.2 Å². The molecular weight excluding hydrogens is 320 g/mol. The van der Waals surface area contributed by atoms with Crippen molar-refractivity contribution in [1.29, 1.82) is 0 Å². The molecule has 0 bridgehead atoms. The zero-order chi connectivity index (χ0) is 16.9. The monoisotopic (exact) mass is 342 g/mol. The fourth-order valence-corrected chi connectivity index (χ4v) is 5.36. The Balaban J connectivity index is 1.89. The molecule has 8 heteroatoms. The fourth-order valence-electron chi connectivity index (χ4n) is 3.83. The van der Waals surface area contributed by atoms with E-state index in [4.69, 9.17) is 10.5 Å². The summed E-state index contributed by atoms with van der Waals surface area (Å²) in [5.74, 6) is -2.03. The van der Waals surface area contributed by atoms with E-state index in [1.807, 2.05) is 6.92 Å². The van der Waals surface area contributed by atoms with Crippen LogP contribution in [0.5, 0.6) is 0 Å². The van der Waals surface area contributed by atoms with Crippen molar-refractivity contribution < 1.29 is 24.5 Å². The van der Waals surface area contributed by atoms with Crippen molar-refractivity contribution in [3.05, 3.63) is 10.6 Å². The maximum Gasteiger partial charge on any atom is 0.353 e. The summed E-state index contributed by atoms with van der Waals surface area (Å²) in [7, 11) is 0. The lowest BCUT2D eigenvalue weighted by atomic mass is 9.79. The molecule has 23 heavy (non-hydrogen) atoms. The van der Waals surface area contributed by atoms with Gasteiger partial charge in [0.25, 0.3) is 0 Å². The minimum atomic E-state index is -1.09. The van der Waals surface area contributed by atoms with Crippen LogP contribution in [0.4, 0.5) is 0 Å². The second-order valence-corrected chi connectivity index (χ2v) is 7.64. The van der Waals surface area contributed by atoms with Crippen molar-refractivity contribution in [2.45, 2.75) is 43.8 Å². The molecule has 3 rings (SSSR count). The molecule has 0 aliphatic carbocycles. The first-order valence-electron chi connectivity index (χ1n) is 7.85. The number of aliphatic hydroxyl groups is 1. The van der Waals surface area contributed by atoms with Crippen LogP contribution in [0.15, 0.2) is 10.6 Å². The van der Waals surface area contributed by atoms with E-state index in [0.29, 0.717) is 18.1 Å². The van der Waals surface area contributed by atoms with Crippen LogP contribution in [-0.4, -0.2) is 63.6 Å². The van der Waals surface area contributed by atoms with Gasteiger partial charge >= 0.3 is 5.97 Å². The number of carboxylic acids is 1. The average Bonchev–Trinajstić information content (AvgIpc) is 3.01. The van der Waals surface area contributed by atoms with Gasteiger partial charge in [-0.1, -0.05) is 6.92 Å². The number of carbonyl (C=O) groups is 2. The Morgan fingerprint density at radius 1 is 1.57 bits per heavy atom. The van der Waals surface area contributed by atoms with Crippen molar-refractivity contribution in [3.63, 3.8) is 0 Å². The maximum absolute atomic E-state index is 12.3. The van der Waals surface area contributed by atoms with E-state index in [1.54, 1.807) is 6.92 Å². The number of fused-ring (bicyclic) bond motifs is 1. The van der Waals surface area contributed by atoms with Crippen LogP contribution >= 0.6 is 11.8 Å². The molecule has 2 fully saturated rings. The summed E-state index contributed by atoms with van der Waals surface area (Å²) in [6, 6.07) is -0.269. The van der Waals surface area contributed by atoms with Gasteiger partial charge in [-0.25, -0.2) is 4.79 Å². The molecule has 0 saturated carbocycles. The number of aliphatic carboxylic acids is 1. The molecule has 0 unspecified atom stereocenters. The molecule has 0 aromatic heterocycles. The van der Waals surface area contributed by atoms with Crippen molar-refractivity contribution in [3.8, 4) is 0 Å². The van der Waals surface area contributed by atoms with Crippen LogP contribution in [-0.2, 0) is 14.3 Å². The van der Waals surface area contributed by atoms with Gasteiger partial charge in [0.15, 0.2) is 0 Å². The maximum atomic E-state index is 12.3. The third kappa shape index (κ3) is 2.48. The number of hydrogen-bond acceptors (Lipinski definition) is 6. The Kier molecular flexibility index (Phi) is 4.43. The summed E-state index contributed by atoms with van der Waals surface area (Å²) in [6.45, 7) is 4.51. The third-order valence-corrected chi connectivity index (χ3v) is 6.63. The standard InChI is InChI=1S/C15H22N2O5S/c1-6-11-10(7(2)18)14(19)17(11)12(15(20)21)13(6)23-9-3-4-22-8(9)5-16/h6-11,18H,3-5,16H2,1-2H3,(H,20,21)/t6-,7-,8-,9-,10-,11-/m1/s1. The second-order valence-electron chi connectivity index (χ2n) is 6.36. The third-order valence-electron chi connectivity index (χ3n) is 4.97. The number of ether oxygens (including phenoxy) is 1. The van der Waals surface area contributed by atoms with Crippen molar-refractivity contribution in [1.82, 2.24) is 4.90 Å². The van der Waals surface area contributed by atoms with Crippen molar-refractivity contribution in [2.24, 2.45) is 17.6 Å². The molecule has 2 saturated heterocycles. The second kappa shape index (κ2) is 6.08. The minimum absolute atomic E-state index is 0.0667. The summed E-state index contributed by atoms with van der Waals surface area (Å²) < 4.78 is 5.57. The molecule has 3 heterocycles. The number of nitrogens with two attached hydrogens (primary N) is 1.